The highest BCUT2D eigenvalue weighted by Gasteiger charge is 2.38. The molecule has 0 spiro atoms. The van der Waals surface area contributed by atoms with Crippen LogP contribution in [0.25, 0.3) is 0 Å². The lowest BCUT2D eigenvalue weighted by Gasteiger charge is -2.38. The molecule has 0 heterocycles. The van der Waals surface area contributed by atoms with Crippen LogP contribution in [0.15, 0.2) is 30.3 Å². The molecular weight excluding hydrogens is 326 g/mol. The molecule has 25 heavy (non-hydrogen) atoms. The van der Waals surface area contributed by atoms with Gasteiger partial charge in [-0.25, -0.2) is 4.79 Å². The number of amides is 1. The number of hydrogen-bond donors (Lipinski definition) is 0. The third kappa shape index (κ3) is 6.10. The number of methoxy groups -OCH3 is 2. The van der Waals surface area contributed by atoms with Crippen LogP contribution < -0.4 is 0 Å². The summed E-state index contributed by atoms with van der Waals surface area (Å²) in [7, 11) is 2.51. The predicted molar refractivity (Wildman–Crippen MR) is 90.7 cm³/mol. The number of hydrogen-bond acceptors (Lipinski definition) is 6. The van der Waals surface area contributed by atoms with Crippen LogP contribution in [0.5, 0.6) is 0 Å². The molecular formula is C18H25NO6. The number of ether oxygens (including phenoxy) is 3. The largest absolute Gasteiger partial charge is 0.469 e. The molecule has 1 aromatic rings. The second-order valence-corrected chi connectivity index (χ2v) is 5.81. The van der Waals surface area contributed by atoms with Crippen molar-refractivity contribution in [1.82, 2.24) is 4.90 Å². The van der Waals surface area contributed by atoms with Gasteiger partial charge in [-0.1, -0.05) is 37.3 Å². The van der Waals surface area contributed by atoms with Crippen molar-refractivity contribution in [2.45, 2.75) is 38.8 Å². The number of benzene rings is 1. The van der Waals surface area contributed by atoms with Gasteiger partial charge in [-0.05, 0) is 18.9 Å². The second-order valence-electron chi connectivity index (χ2n) is 5.81. The first-order valence-corrected chi connectivity index (χ1v) is 7.98. The van der Waals surface area contributed by atoms with Crippen molar-refractivity contribution in [1.29, 1.82) is 0 Å². The molecule has 0 aliphatic heterocycles. The molecule has 1 aromatic carbocycles. The summed E-state index contributed by atoms with van der Waals surface area (Å²) in [4.78, 5) is 37.3. The molecule has 0 N–H and O–H groups in total. The molecule has 0 saturated carbocycles. The third-order valence-electron chi connectivity index (χ3n) is 4.11. The van der Waals surface area contributed by atoms with Crippen molar-refractivity contribution in [3.05, 3.63) is 35.9 Å². The van der Waals surface area contributed by atoms with E-state index < -0.39 is 23.6 Å². The van der Waals surface area contributed by atoms with Gasteiger partial charge in [-0.15, -0.1) is 0 Å². The Morgan fingerprint density at radius 2 is 1.64 bits per heavy atom. The van der Waals surface area contributed by atoms with Crippen molar-refractivity contribution in [2.75, 3.05) is 20.8 Å². The molecule has 0 bridgehead atoms. The third-order valence-corrected chi connectivity index (χ3v) is 4.11. The average molecular weight is 351 g/mol. The molecule has 0 saturated heterocycles. The molecule has 1 amide bonds. The minimum absolute atomic E-state index is 0.0581. The minimum atomic E-state index is -0.935. The Kier molecular flexibility index (Phi) is 7.91. The maximum Gasteiger partial charge on any atom is 0.411 e. The first-order chi connectivity index (χ1) is 11.9. The second kappa shape index (κ2) is 9.66. The maximum atomic E-state index is 12.6. The lowest BCUT2D eigenvalue weighted by Crippen LogP contribution is -2.53. The van der Waals surface area contributed by atoms with E-state index in [9.17, 15) is 14.4 Å². The van der Waals surface area contributed by atoms with E-state index in [1.165, 1.54) is 19.1 Å². The summed E-state index contributed by atoms with van der Waals surface area (Å²) < 4.78 is 14.7. The summed E-state index contributed by atoms with van der Waals surface area (Å²) in [5, 5.41) is 0. The van der Waals surface area contributed by atoms with Gasteiger partial charge in [0, 0.05) is 0 Å². The summed E-state index contributed by atoms with van der Waals surface area (Å²) in [5.74, 6) is -1.07. The lowest BCUT2D eigenvalue weighted by molar-refractivity contribution is -0.148. The molecule has 1 atom stereocenters. The molecule has 7 heteroatoms. The highest BCUT2D eigenvalue weighted by atomic mass is 16.6. The number of nitrogens with zero attached hydrogens (tertiary/aromatic N) is 1. The number of carbonyl (C=O) groups excluding carboxylic acids is 3. The predicted octanol–water partition coefficient (Wildman–Crippen LogP) is 2.53. The van der Waals surface area contributed by atoms with E-state index in [0.717, 1.165) is 5.56 Å². The Morgan fingerprint density at radius 3 is 2.16 bits per heavy atom. The van der Waals surface area contributed by atoms with Crippen LogP contribution in [0.2, 0.25) is 0 Å². The zero-order valence-electron chi connectivity index (χ0n) is 15.1. The highest BCUT2D eigenvalue weighted by Crippen LogP contribution is 2.25. The zero-order chi connectivity index (χ0) is 18.9. The van der Waals surface area contributed by atoms with E-state index in [4.69, 9.17) is 9.47 Å². The van der Waals surface area contributed by atoms with Crippen molar-refractivity contribution >= 4 is 18.0 Å². The van der Waals surface area contributed by atoms with Gasteiger partial charge in [0.25, 0.3) is 0 Å². The molecule has 7 nitrogen and oxygen atoms in total. The zero-order valence-corrected chi connectivity index (χ0v) is 15.1. The van der Waals surface area contributed by atoms with Gasteiger partial charge in [0.1, 0.15) is 13.2 Å². The molecule has 0 radical (unpaired) electrons. The fourth-order valence-electron chi connectivity index (χ4n) is 2.26. The molecule has 0 aliphatic carbocycles. The van der Waals surface area contributed by atoms with Crippen LogP contribution in [0.4, 0.5) is 4.79 Å². The van der Waals surface area contributed by atoms with Crippen molar-refractivity contribution in [3.63, 3.8) is 0 Å². The molecule has 0 aliphatic rings. The van der Waals surface area contributed by atoms with Gasteiger partial charge in [0.05, 0.1) is 26.2 Å². The Labute approximate surface area is 147 Å². The van der Waals surface area contributed by atoms with Gasteiger partial charge in [0.2, 0.25) is 0 Å². The van der Waals surface area contributed by atoms with Crippen LogP contribution >= 0.6 is 0 Å². The van der Waals surface area contributed by atoms with Crippen molar-refractivity contribution in [2.24, 2.45) is 0 Å². The summed E-state index contributed by atoms with van der Waals surface area (Å²) in [6, 6.07) is 9.18. The Balaban J connectivity index is 2.94. The number of esters is 2. The topological polar surface area (TPSA) is 82.1 Å². The summed E-state index contributed by atoms with van der Waals surface area (Å²) in [5.41, 5.74) is -0.116. The summed E-state index contributed by atoms with van der Waals surface area (Å²) >= 11 is 0. The summed E-state index contributed by atoms with van der Waals surface area (Å²) in [6.07, 6.45) is -0.320. The van der Waals surface area contributed by atoms with Crippen molar-refractivity contribution < 1.29 is 28.6 Å². The maximum absolute atomic E-state index is 12.6. The first kappa shape index (κ1) is 20.5. The van der Waals surface area contributed by atoms with E-state index in [0.29, 0.717) is 6.42 Å². The van der Waals surface area contributed by atoms with Crippen LogP contribution in [-0.4, -0.2) is 49.2 Å². The molecule has 1 unspecified atom stereocenters. The van der Waals surface area contributed by atoms with Crippen LogP contribution in [-0.2, 0) is 30.4 Å². The van der Waals surface area contributed by atoms with Crippen LogP contribution in [0.1, 0.15) is 32.3 Å². The number of rotatable bonds is 8. The van der Waals surface area contributed by atoms with Crippen molar-refractivity contribution in [3.8, 4) is 0 Å². The molecule has 138 valence electrons. The Morgan fingerprint density at radius 1 is 1.04 bits per heavy atom. The van der Waals surface area contributed by atoms with E-state index in [2.05, 4.69) is 4.74 Å². The molecule has 1 rings (SSSR count). The van der Waals surface area contributed by atoms with E-state index in [1.807, 2.05) is 37.3 Å². The van der Waals surface area contributed by atoms with Gasteiger partial charge in [-0.2, -0.15) is 0 Å². The summed E-state index contributed by atoms with van der Waals surface area (Å²) in [6.45, 7) is 3.27. The number of carbonyl (C=O) groups is 3. The van der Waals surface area contributed by atoms with E-state index >= 15 is 0 Å². The average Bonchev–Trinajstić information content (AvgIpc) is 2.64. The highest BCUT2D eigenvalue weighted by molar-refractivity contribution is 5.80. The monoisotopic (exact) mass is 351 g/mol. The van der Waals surface area contributed by atoms with Gasteiger partial charge >= 0.3 is 18.0 Å². The van der Waals surface area contributed by atoms with Crippen LogP contribution in [0, 0.1) is 0 Å². The standard InChI is InChI=1S/C18H25NO6/c1-5-18(2,11-15(20)23-3)19(12-16(21)24-4)17(22)25-13-14-9-7-6-8-10-14/h6-10H,5,11-13H2,1-4H3. The first-order valence-electron chi connectivity index (χ1n) is 7.98. The smallest absolute Gasteiger partial charge is 0.411 e. The van der Waals surface area contributed by atoms with Gasteiger partial charge in [-0.3, -0.25) is 14.5 Å². The van der Waals surface area contributed by atoms with Crippen LogP contribution in [0.3, 0.4) is 0 Å². The Hall–Kier alpha value is -2.57. The molecule has 0 fully saturated rings. The lowest BCUT2D eigenvalue weighted by atomic mass is 9.92. The fourth-order valence-corrected chi connectivity index (χ4v) is 2.26. The Bertz CT molecular complexity index is 588. The van der Waals surface area contributed by atoms with E-state index in [-0.39, 0.29) is 19.6 Å². The van der Waals surface area contributed by atoms with Gasteiger partial charge in [0.15, 0.2) is 0 Å². The fraction of sp³-hybridized carbons (Fsp3) is 0.500. The quantitative estimate of drug-likeness (QED) is 0.529. The normalized spacial score (nSPS) is 12.6. The van der Waals surface area contributed by atoms with Gasteiger partial charge < -0.3 is 14.2 Å². The van der Waals surface area contributed by atoms with E-state index in [1.54, 1.807) is 6.92 Å². The molecule has 0 aromatic heterocycles. The minimum Gasteiger partial charge on any atom is -0.469 e. The SMILES string of the molecule is CCC(C)(CC(=O)OC)N(CC(=O)OC)C(=O)OCc1ccccc1.